The number of benzene rings is 3. The molecular formula is C37H43F3N4O2S. The van der Waals surface area contributed by atoms with Crippen molar-refractivity contribution in [1.29, 1.82) is 0 Å². The van der Waals surface area contributed by atoms with Crippen LogP contribution in [-0.4, -0.2) is 60.1 Å². The van der Waals surface area contributed by atoms with Crippen LogP contribution in [0, 0.1) is 0 Å². The van der Waals surface area contributed by atoms with E-state index in [1.165, 1.54) is 6.07 Å². The third kappa shape index (κ3) is 9.56. The van der Waals surface area contributed by atoms with Gasteiger partial charge in [0.15, 0.2) is 0 Å². The summed E-state index contributed by atoms with van der Waals surface area (Å²) in [4.78, 5) is 21.8. The predicted octanol–water partition coefficient (Wildman–Crippen LogP) is 9.74. The number of nitrogens with zero attached hydrogens (tertiary/aromatic N) is 3. The van der Waals surface area contributed by atoms with E-state index < -0.39 is 17.3 Å². The molecule has 10 heteroatoms. The number of alkyl halides is 3. The van der Waals surface area contributed by atoms with Crippen LogP contribution in [0.5, 0.6) is 0 Å². The molecule has 5 rings (SSSR count). The van der Waals surface area contributed by atoms with Crippen LogP contribution in [0.4, 0.5) is 29.3 Å². The molecule has 0 bridgehead atoms. The summed E-state index contributed by atoms with van der Waals surface area (Å²) < 4.78 is 44.8. The lowest BCUT2D eigenvalue weighted by molar-refractivity contribution is -0.137. The predicted molar refractivity (Wildman–Crippen MR) is 186 cm³/mol. The minimum atomic E-state index is -4.37. The number of amides is 1. The maximum absolute atomic E-state index is 13.1. The molecule has 0 aliphatic carbocycles. The molecule has 250 valence electrons. The van der Waals surface area contributed by atoms with Gasteiger partial charge in [0.2, 0.25) is 0 Å². The quantitative estimate of drug-likeness (QED) is 0.127. The van der Waals surface area contributed by atoms with E-state index in [1.54, 1.807) is 22.9 Å². The van der Waals surface area contributed by atoms with Crippen molar-refractivity contribution in [3.8, 4) is 11.1 Å². The van der Waals surface area contributed by atoms with E-state index in [0.29, 0.717) is 18.6 Å². The monoisotopic (exact) mass is 664 g/mol. The highest BCUT2D eigenvalue weighted by Crippen LogP contribution is 2.35. The summed E-state index contributed by atoms with van der Waals surface area (Å²) in [5.41, 5.74) is 3.75. The average molecular weight is 665 g/mol. The van der Waals surface area contributed by atoms with Crippen molar-refractivity contribution < 1.29 is 22.7 Å². The maximum atomic E-state index is 13.1. The number of pyridine rings is 1. The van der Waals surface area contributed by atoms with Crippen LogP contribution >= 0.6 is 11.8 Å². The molecule has 6 nitrogen and oxygen atoms in total. The molecule has 2 heterocycles. The summed E-state index contributed by atoms with van der Waals surface area (Å²) in [5, 5.41) is 4.36. The lowest BCUT2D eigenvalue weighted by Gasteiger charge is -2.37. The molecule has 0 atom stereocenters. The highest BCUT2D eigenvalue weighted by Gasteiger charge is 2.31. The molecule has 1 saturated heterocycles. The minimum Gasteiger partial charge on any atom is -0.444 e. The topological polar surface area (TPSA) is 57.7 Å². The van der Waals surface area contributed by atoms with Gasteiger partial charge in [-0.25, -0.2) is 4.79 Å². The van der Waals surface area contributed by atoms with Gasteiger partial charge in [-0.15, -0.1) is 11.8 Å². The number of carbonyl (C=O) groups is 1. The fourth-order valence-electron chi connectivity index (χ4n) is 5.65. The number of hydrogen-bond donors (Lipinski definition) is 1. The fourth-order valence-corrected chi connectivity index (χ4v) is 6.70. The summed E-state index contributed by atoms with van der Waals surface area (Å²) in [6.45, 7) is 9.23. The molecule has 0 radical (unpaired) electrons. The van der Waals surface area contributed by atoms with Gasteiger partial charge in [0.05, 0.1) is 11.1 Å². The second kappa shape index (κ2) is 15.3. The highest BCUT2D eigenvalue weighted by molar-refractivity contribution is 7.99. The molecular weight excluding hydrogens is 621 g/mol. The Balaban J connectivity index is 1.09. The van der Waals surface area contributed by atoms with Gasteiger partial charge in [-0.2, -0.15) is 13.2 Å². The van der Waals surface area contributed by atoms with Crippen molar-refractivity contribution in [3.05, 3.63) is 84.6 Å². The first kappa shape index (κ1) is 34.4. The number of aromatic nitrogens is 1. The molecule has 1 aromatic heterocycles. The van der Waals surface area contributed by atoms with Crippen LogP contribution in [-0.2, 0) is 10.9 Å². The lowest BCUT2D eigenvalue weighted by Crippen LogP contribution is -2.50. The summed E-state index contributed by atoms with van der Waals surface area (Å²) in [6.07, 6.45) is 1.20. The number of nitrogens with one attached hydrogen (secondary N) is 1. The van der Waals surface area contributed by atoms with Gasteiger partial charge in [-0.3, -0.25) is 4.98 Å². The van der Waals surface area contributed by atoms with Gasteiger partial charge in [-0.05, 0) is 81.3 Å². The van der Waals surface area contributed by atoms with Gasteiger partial charge in [0.1, 0.15) is 5.60 Å². The number of fused-ring (bicyclic) bond motifs is 1. The summed E-state index contributed by atoms with van der Waals surface area (Å²) >= 11 is 1.67. The van der Waals surface area contributed by atoms with E-state index in [4.69, 9.17) is 4.74 Å². The zero-order valence-corrected chi connectivity index (χ0v) is 28.1. The van der Waals surface area contributed by atoms with Crippen molar-refractivity contribution in [2.45, 2.75) is 63.1 Å². The van der Waals surface area contributed by atoms with Gasteiger partial charge >= 0.3 is 12.3 Å². The van der Waals surface area contributed by atoms with Gasteiger partial charge in [-0.1, -0.05) is 49.2 Å². The minimum absolute atomic E-state index is 0.257. The Kier molecular flexibility index (Phi) is 11.2. The van der Waals surface area contributed by atoms with Gasteiger partial charge < -0.3 is 19.9 Å². The smallest absolute Gasteiger partial charge is 0.416 e. The maximum Gasteiger partial charge on any atom is 0.416 e. The molecule has 1 aliphatic rings. The molecule has 1 aliphatic heterocycles. The van der Waals surface area contributed by atoms with Crippen molar-refractivity contribution in [1.82, 2.24) is 9.88 Å². The zero-order valence-electron chi connectivity index (χ0n) is 27.3. The summed E-state index contributed by atoms with van der Waals surface area (Å²) in [6, 6.07) is 22.6. The Labute approximate surface area is 279 Å². The van der Waals surface area contributed by atoms with Crippen molar-refractivity contribution in [2.24, 2.45) is 0 Å². The number of ether oxygens (including phenoxy) is 1. The van der Waals surface area contributed by atoms with Crippen LogP contribution < -0.4 is 10.2 Å². The average Bonchev–Trinajstić information content (AvgIpc) is 3.05. The summed E-state index contributed by atoms with van der Waals surface area (Å²) in [5.74, 6) is 0.904. The van der Waals surface area contributed by atoms with Crippen LogP contribution in [0.1, 0.15) is 52.0 Å². The number of rotatable bonds is 11. The lowest BCUT2D eigenvalue weighted by atomic mass is 10.0. The Hall–Kier alpha value is -3.92. The molecule has 0 spiro atoms. The Morgan fingerprint density at radius 3 is 2.36 bits per heavy atom. The van der Waals surface area contributed by atoms with E-state index in [0.717, 1.165) is 96.0 Å². The second-order valence-electron chi connectivity index (χ2n) is 12.8. The van der Waals surface area contributed by atoms with E-state index >= 15 is 0 Å². The first-order valence-electron chi connectivity index (χ1n) is 16.2. The van der Waals surface area contributed by atoms with E-state index in [1.807, 2.05) is 32.9 Å². The van der Waals surface area contributed by atoms with Crippen LogP contribution in [0.25, 0.3) is 22.0 Å². The number of unbranched alkanes of at least 4 members (excludes halogenated alkanes) is 3. The van der Waals surface area contributed by atoms with Gasteiger partial charge in [0.25, 0.3) is 0 Å². The second-order valence-corrected chi connectivity index (χ2v) is 13.9. The number of piperazine rings is 1. The van der Waals surface area contributed by atoms with Gasteiger partial charge in [0, 0.05) is 66.1 Å². The molecule has 3 aromatic carbocycles. The Bertz CT molecular complexity index is 1630. The zero-order chi connectivity index (χ0) is 33.4. The SMILES string of the molecule is CC(C)(C)OC(=O)N1CCN(c2ccc(NCCCCCCSc3ccnc4cc(C(F)(F)F)ccc34)cc2-c2ccccc2)CC1. The molecule has 0 unspecified atom stereocenters. The number of halogens is 3. The molecule has 1 N–H and O–H groups in total. The van der Waals surface area contributed by atoms with E-state index in [-0.39, 0.29) is 6.09 Å². The van der Waals surface area contributed by atoms with Crippen LogP contribution in [0.3, 0.4) is 0 Å². The number of carbonyl (C=O) groups excluding carboxylic acids is 1. The molecule has 47 heavy (non-hydrogen) atoms. The number of hydrogen-bond acceptors (Lipinski definition) is 6. The standard InChI is InChI=1S/C37H43F3N4O2S/c1-36(2,3)46-35(45)44-22-20-43(21-23-44)33-16-14-29(26-31(33)27-11-7-6-8-12-27)41-18-9-4-5-10-24-47-34-17-19-42-32-25-28(37(38,39)40)13-15-30(32)34/h6-8,11-17,19,25-26,41H,4-5,9-10,18,20-24H2,1-3H3. The number of thioether (sulfide) groups is 1. The largest absolute Gasteiger partial charge is 0.444 e. The molecule has 1 fully saturated rings. The molecule has 0 saturated carbocycles. The normalized spacial score (nSPS) is 14.0. The van der Waals surface area contributed by atoms with Crippen molar-refractivity contribution in [3.63, 3.8) is 0 Å². The van der Waals surface area contributed by atoms with E-state index in [2.05, 4.69) is 57.7 Å². The molecule has 1 amide bonds. The Morgan fingerprint density at radius 2 is 1.64 bits per heavy atom. The third-order valence-electron chi connectivity index (χ3n) is 8.04. The Morgan fingerprint density at radius 1 is 0.894 bits per heavy atom. The third-order valence-corrected chi connectivity index (χ3v) is 9.20. The first-order chi connectivity index (χ1) is 22.5. The first-order valence-corrected chi connectivity index (χ1v) is 17.2. The summed E-state index contributed by atoms with van der Waals surface area (Å²) in [7, 11) is 0. The van der Waals surface area contributed by atoms with Crippen molar-refractivity contribution >= 4 is 40.1 Å². The highest BCUT2D eigenvalue weighted by atomic mass is 32.2. The fraction of sp³-hybridized carbons (Fsp3) is 0.405. The van der Waals surface area contributed by atoms with Crippen molar-refractivity contribution in [2.75, 3.05) is 48.7 Å². The van der Waals surface area contributed by atoms with Crippen LogP contribution in [0.2, 0.25) is 0 Å². The van der Waals surface area contributed by atoms with Crippen LogP contribution in [0.15, 0.2) is 83.9 Å². The number of anilines is 2. The van der Waals surface area contributed by atoms with E-state index in [9.17, 15) is 18.0 Å². The molecule has 4 aromatic rings.